The summed E-state index contributed by atoms with van der Waals surface area (Å²) in [7, 11) is 1.48. The molecule has 1 heterocycles. The summed E-state index contributed by atoms with van der Waals surface area (Å²) in [5.41, 5.74) is -0.247. The van der Waals surface area contributed by atoms with Gasteiger partial charge in [-0.1, -0.05) is 12.8 Å². The Morgan fingerprint density at radius 2 is 2.24 bits per heavy atom. The first-order chi connectivity index (χ1) is 8.22. The number of H-pyrrole nitrogens is 1. The summed E-state index contributed by atoms with van der Waals surface area (Å²) < 4.78 is 5.07. The van der Waals surface area contributed by atoms with E-state index < -0.39 is 0 Å². The van der Waals surface area contributed by atoms with Gasteiger partial charge in [-0.05, 0) is 25.7 Å². The Balaban J connectivity index is 2.12. The molecule has 1 aliphatic carbocycles. The predicted molar refractivity (Wildman–Crippen MR) is 66.5 cm³/mol. The maximum absolute atomic E-state index is 11.5. The molecular weight excluding hydrogens is 218 g/mol. The summed E-state index contributed by atoms with van der Waals surface area (Å²) >= 11 is 0. The van der Waals surface area contributed by atoms with E-state index in [1.807, 2.05) is 0 Å². The molecule has 0 saturated heterocycles. The van der Waals surface area contributed by atoms with Crippen molar-refractivity contribution in [1.29, 1.82) is 0 Å². The van der Waals surface area contributed by atoms with E-state index >= 15 is 0 Å². The fourth-order valence-electron chi connectivity index (χ4n) is 2.47. The first kappa shape index (κ1) is 12.0. The monoisotopic (exact) mass is 237 g/mol. The Kier molecular flexibility index (Phi) is 3.66. The van der Waals surface area contributed by atoms with Crippen LogP contribution in [0.2, 0.25) is 0 Å². The molecular formula is C12H19N3O2. The van der Waals surface area contributed by atoms with Crippen LogP contribution in [0, 0.1) is 5.92 Å². The average Bonchev–Trinajstić information content (AvgIpc) is 2.82. The van der Waals surface area contributed by atoms with Crippen LogP contribution < -0.4 is 15.6 Å². The van der Waals surface area contributed by atoms with Gasteiger partial charge < -0.3 is 15.0 Å². The summed E-state index contributed by atoms with van der Waals surface area (Å²) in [5.74, 6) is 1.47. The summed E-state index contributed by atoms with van der Waals surface area (Å²) in [6.07, 6.45) is 6.50. The molecule has 1 fully saturated rings. The fraction of sp³-hybridized carbons (Fsp3) is 0.667. The molecule has 0 radical (unpaired) electrons. The molecule has 5 heteroatoms. The zero-order valence-corrected chi connectivity index (χ0v) is 10.3. The van der Waals surface area contributed by atoms with Gasteiger partial charge in [0.1, 0.15) is 0 Å². The highest BCUT2D eigenvalue weighted by Gasteiger charge is 2.22. The van der Waals surface area contributed by atoms with Crippen molar-refractivity contribution in [3.8, 4) is 5.75 Å². The second kappa shape index (κ2) is 5.21. The van der Waals surface area contributed by atoms with Crippen LogP contribution in [0.15, 0.2) is 11.1 Å². The van der Waals surface area contributed by atoms with Crippen molar-refractivity contribution in [3.05, 3.63) is 16.7 Å². The lowest BCUT2D eigenvalue weighted by Crippen LogP contribution is -2.26. The van der Waals surface area contributed by atoms with E-state index in [9.17, 15) is 4.79 Å². The van der Waals surface area contributed by atoms with Crippen LogP contribution in [0.25, 0.3) is 0 Å². The molecule has 2 N–H and O–H groups in total. The van der Waals surface area contributed by atoms with E-state index in [4.69, 9.17) is 4.74 Å². The van der Waals surface area contributed by atoms with Crippen molar-refractivity contribution in [2.75, 3.05) is 12.4 Å². The number of aromatic nitrogens is 2. The van der Waals surface area contributed by atoms with Crippen LogP contribution in [0.5, 0.6) is 5.75 Å². The standard InChI is InChI=1S/C12H19N3O2/c1-8(9-5-3-4-6-9)15-11-10(17-2)12(16)14-7-13-11/h7-9H,3-6H2,1-2H3,(H2,13,14,15,16). The van der Waals surface area contributed by atoms with Gasteiger partial charge in [-0.3, -0.25) is 4.79 Å². The number of rotatable bonds is 4. The van der Waals surface area contributed by atoms with Crippen molar-refractivity contribution in [2.24, 2.45) is 5.92 Å². The third kappa shape index (κ3) is 2.60. The molecule has 2 rings (SSSR count). The molecule has 5 nitrogen and oxygen atoms in total. The van der Waals surface area contributed by atoms with E-state index in [0.717, 1.165) is 0 Å². The molecule has 1 aromatic rings. The highest BCUT2D eigenvalue weighted by atomic mass is 16.5. The molecule has 1 aromatic heterocycles. The molecule has 94 valence electrons. The van der Waals surface area contributed by atoms with E-state index in [-0.39, 0.29) is 11.3 Å². The maximum Gasteiger partial charge on any atom is 0.295 e. The molecule has 1 aliphatic rings. The fourth-order valence-corrected chi connectivity index (χ4v) is 2.47. The molecule has 1 atom stereocenters. The number of hydrogen-bond acceptors (Lipinski definition) is 4. The quantitative estimate of drug-likeness (QED) is 0.837. The van der Waals surface area contributed by atoms with Gasteiger partial charge >= 0.3 is 0 Å². The van der Waals surface area contributed by atoms with Crippen molar-refractivity contribution >= 4 is 5.82 Å². The summed E-state index contributed by atoms with van der Waals surface area (Å²) in [4.78, 5) is 18.1. The summed E-state index contributed by atoms with van der Waals surface area (Å²) in [6, 6.07) is 0.320. The first-order valence-corrected chi connectivity index (χ1v) is 6.10. The largest absolute Gasteiger partial charge is 0.489 e. The molecule has 0 amide bonds. The number of methoxy groups -OCH3 is 1. The minimum atomic E-state index is -0.247. The lowest BCUT2D eigenvalue weighted by atomic mass is 10.00. The number of nitrogens with one attached hydrogen (secondary N) is 2. The lowest BCUT2D eigenvalue weighted by Gasteiger charge is -2.21. The summed E-state index contributed by atoms with van der Waals surface area (Å²) in [5, 5.41) is 3.29. The third-order valence-corrected chi connectivity index (χ3v) is 3.49. The van der Waals surface area contributed by atoms with Gasteiger partial charge in [-0.2, -0.15) is 0 Å². The van der Waals surface area contributed by atoms with E-state index in [2.05, 4.69) is 22.2 Å². The number of aromatic amines is 1. The lowest BCUT2D eigenvalue weighted by molar-refractivity contribution is 0.405. The Morgan fingerprint density at radius 1 is 1.53 bits per heavy atom. The van der Waals surface area contributed by atoms with Crippen molar-refractivity contribution in [2.45, 2.75) is 38.6 Å². The second-order valence-electron chi connectivity index (χ2n) is 4.59. The summed E-state index contributed by atoms with van der Waals surface area (Å²) in [6.45, 7) is 2.14. The highest BCUT2D eigenvalue weighted by molar-refractivity contribution is 5.48. The van der Waals surface area contributed by atoms with Gasteiger partial charge in [-0.25, -0.2) is 4.98 Å². The van der Waals surface area contributed by atoms with Gasteiger partial charge in [-0.15, -0.1) is 0 Å². The normalized spacial score (nSPS) is 18.0. The van der Waals surface area contributed by atoms with E-state index in [1.54, 1.807) is 0 Å². The van der Waals surface area contributed by atoms with Gasteiger partial charge in [0.15, 0.2) is 5.82 Å². The van der Waals surface area contributed by atoms with Crippen molar-refractivity contribution in [1.82, 2.24) is 9.97 Å². The minimum absolute atomic E-state index is 0.247. The number of anilines is 1. The zero-order chi connectivity index (χ0) is 12.3. The molecule has 0 bridgehead atoms. The van der Waals surface area contributed by atoms with Gasteiger partial charge in [0.2, 0.25) is 5.75 Å². The van der Waals surface area contributed by atoms with Gasteiger partial charge in [0.25, 0.3) is 5.56 Å². The first-order valence-electron chi connectivity index (χ1n) is 6.10. The number of hydrogen-bond donors (Lipinski definition) is 2. The van der Waals surface area contributed by atoms with Crippen LogP contribution >= 0.6 is 0 Å². The van der Waals surface area contributed by atoms with Crippen molar-refractivity contribution < 1.29 is 4.74 Å². The van der Waals surface area contributed by atoms with Gasteiger partial charge in [0.05, 0.1) is 13.4 Å². The van der Waals surface area contributed by atoms with E-state index in [0.29, 0.717) is 17.8 Å². The van der Waals surface area contributed by atoms with E-state index in [1.165, 1.54) is 39.1 Å². The Labute approximate surface area is 101 Å². The topological polar surface area (TPSA) is 67.0 Å². The highest BCUT2D eigenvalue weighted by Crippen LogP contribution is 2.29. The van der Waals surface area contributed by atoms with Crippen LogP contribution in [0.1, 0.15) is 32.6 Å². The molecule has 0 aromatic carbocycles. The van der Waals surface area contributed by atoms with Crippen LogP contribution in [0.4, 0.5) is 5.82 Å². The average molecular weight is 237 g/mol. The Hall–Kier alpha value is -1.52. The predicted octanol–water partition coefficient (Wildman–Crippen LogP) is 1.77. The molecule has 0 aliphatic heterocycles. The Bertz CT molecular complexity index is 424. The maximum atomic E-state index is 11.5. The minimum Gasteiger partial charge on any atom is -0.489 e. The van der Waals surface area contributed by atoms with Crippen LogP contribution in [0.3, 0.4) is 0 Å². The number of nitrogens with zero attached hydrogens (tertiary/aromatic N) is 1. The molecule has 1 unspecified atom stereocenters. The van der Waals surface area contributed by atoms with Crippen LogP contribution in [-0.4, -0.2) is 23.1 Å². The molecule has 0 spiro atoms. The SMILES string of the molecule is COc1c(NC(C)C2CCCC2)nc[nH]c1=O. The van der Waals surface area contributed by atoms with Gasteiger partial charge in [0, 0.05) is 6.04 Å². The Morgan fingerprint density at radius 3 is 2.88 bits per heavy atom. The smallest absolute Gasteiger partial charge is 0.295 e. The second-order valence-corrected chi connectivity index (χ2v) is 4.59. The third-order valence-electron chi connectivity index (χ3n) is 3.49. The van der Waals surface area contributed by atoms with Crippen molar-refractivity contribution in [3.63, 3.8) is 0 Å². The molecule has 1 saturated carbocycles. The zero-order valence-electron chi connectivity index (χ0n) is 10.3. The van der Waals surface area contributed by atoms with Crippen LogP contribution in [-0.2, 0) is 0 Å². The molecule has 17 heavy (non-hydrogen) atoms. The number of ether oxygens (including phenoxy) is 1.